The van der Waals surface area contributed by atoms with Crippen LogP contribution in [-0.4, -0.2) is 20.5 Å². The molecule has 0 saturated heterocycles. The maximum absolute atomic E-state index is 12.7. The molecule has 0 unspecified atom stereocenters. The van der Waals surface area contributed by atoms with Crippen LogP contribution in [0.25, 0.3) is 21.8 Å². The molecule has 4 rings (SSSR count). The van der Waals surface area contributed by atoms with E-state index in [1.165, 1.54) is 0 Å². The van der Waals surface area contributed by atoms with Crippen molar-refractivity contribution in [3.63, 3.8) is 0 Å². The third-order valence-electron chi connectivity index (χ3n) is 4.51. The van der Waals surface area contributed by atoms with Crippen molar-refractivity contribution < 1.29 is 9.90 Å². The summed E-state index contributed by atoms with van der Waals surface area (Å²) >= 11 is 0. The summed E-state index contributed by atoms with van der Waals surface area (Å²) in [6, 6.07) is 12.5. The van der Waals surface area contributed by atoms with Crippen molar-refractivity contribution in [2.24, 2.45) is 0 Å². The fraction of sp³-hybridized carbons (Fsp3) is 0.105. The molecule has 0 aliphatic heterocycles. The minimum atomic E-state index is -1.49. The summed E-state index contributed by atoms with van der Waals surface area (Å²) < 4.78 is 0.722. The van der Waals surface area contributed by atoms with E-state index in [4.69, 9.17) is 0 Å². The fourth-order valence-electron chi connectivity index (χ4n) is 3.25. The van der Waals surface area contributed by atoms with Gasteiger partial charge >= 0.3 is 5.69 Å². The number of aromatic amines is 2. The molecule has 0 aliphatic rings. The summed E-state index contributed by atoms with van der Waals surface area (Å²) in [5.41, 5.74) is 0.470. The highest BCUT2D eigenvalue weighted by Gasteiger charge is 2.20. The van der Waals surface area contributed by atoms with Crippen LogP contribution in [0, 0.1) is 0 Å². The molecular weight excluding hydrogens is 334 g/mol. The molecule has 7 nitrogen and oxygen atoms in total. The molecule has 0 radical (unpaired) electrons. The van der Waals surface area contributed by atoms with Crippen molar-refractivity contribution >= 4 is 27.8 Å². The Morgan fingerprint density at radius 3 is 2.38 bits per heavy atom. The molecule has 4 aromatic rings. The Labute approximate surface area is 146 Å². The number of aliphatic carboxylic acids is 1. The highest BCUT2D eigenvalue weighted by molar-refractivity contribution is 5.84. The third-order valence-corrected chi connectivity index (χ3v) is 4.51. The number of carbonyl (C=O) groups is 1. The molecule has 0 bridgehead atoms. The van der Waals surface area contributed by atoms with Gasteiger partial charge in [0.2, 0.25) is 0 Å². The standard InChI is InChI=1S/C19H15N3O4/c23-17-13-6-2-4-8-15(13)21-19(26)22(17)16(18(24)25)9-11-10-20-14-7-3-1-5-12(11)14/h1-8,10,16,20H,9H2,(H,21,26)(H,24,25)/p-1/t16-/m0/s1. The number of rotatable bonds is 4. The van der Waals surface area contributed by atoms with Gasteiger partial charge in [-0.1, -0.05) is 30.3 Å². The number of carboxylic acids is 1. The molecular formula is C19H14N3O4-. The van der Waals surface area contributed by atoms with Gasteiger partial charge in [-0.3, -0.25) is 9.36 Å². The van der Waals surface area contributed by atoms with Crippen LogP contribution in [0.3, 0.4) is 0 Å². The summed E-state index contributed by atoms with van der Waals surface area (Å²) in [7, 11) is 0. The first-order valence-electron chi connectivity index (χ1n) is 8.05. The highest BCUT2D eigenvalue weighted by Crippen LogP contribution is 2.22. The van der Waals surface area contributed by atoms with E-state index in [1.807, 2.05) is 24.3 Å². The van der Waals surface area contributed by atoms with E-state index < -0.39 is 23.3 Å². The molecule has 2 aromatic heterocycles. The van der Waals surface area contributed by atoms with Gasteiger partial charge in [-0.2, -0.15) is 0 Å². The molecule has 0 fully saturated rings. The second-order valence-electron chi connectivity index (χ2n) is 6.05. The van der Waals surface area contributed by atoms with Gasteiger partial charge in [0.15, 0.2) is 0 Å². The molecule has 2 N–H and O–H groups in total. The second-order valence-corrected chi connectivity index (χ2v) is 6.05. The van der Waals surface area contributed by atoms with Crippen LogP contribution < -0.4 is 16.4 Å². The van der Waals surface area contributed by atoms with Crippen LogP contribution in [0.1, 0.15) is 11.6 Å². The average molecular weight is 348 g/mol. The molecule has 1 atom stereocenters. The number of H-pyrrole nitrogens is 2. The van der Waals surface area contributed by atoms with E-state index in [9.17, 15) is 19.5 Å². The lowest BCUT2D eigenvalue weighted by atomic mass is 10.0. The molecule has 0 aliphatic carbocycles. The van der Waals surface area contributed by atoms with Gasteiger partial charge in [0.05, 0.1) is 22.9 Å². The van der Waals surface area contributed by atoms with Crippen LogP contribution in [0.2, 0.25) is 0 Å². The van der Waals surface area contributed by atoms with Gasteiger partial charge in [-0.15, -0.1) is 0 Å². The Balaban J connectivity index is 1.88. The number of fused-ring (bicyclic) bond motifs is 2. The van der Waals surface area contributed by atoms with E-state index >= 15 is 0 Å². The van der Waals surface area contributed by atoms with Gasteiger partial charge in [0.1, 0.15) is 0 Å². The normalized spacial score (nSPS) is 12.5. The van der Waals surface area contributed by atoms with Crippen molar-refractivity contribution in [2.75, 3.05) is 0 Å². The van der Waals surface area contributed by atoms with Crippen molar-refractivity contribution in [1.29, 1.82) is 0 Å². The van der Waals surface area contributed by atoms with Crippen molar-refractivity contribution in [3.05, 3.63) is 81.1 Å². The molecule has 0 spiro atoms. The summed E-state index contributed by atoms with van der Waals surface area (Å²) in [5, 5.41) is 12.9. The minimum absolute atomic E-state index is 0.0479. The number of hydrogen-bond donors (Lipinski definition) is 2. The predicted molar refractivity (Wildman–Crippen MR) is 94.9 cm³/mol. The monoisotopic (exact) mass is 348 g/mol. The minimum Gasteiger partial charge on any atom is -0.548 e. The van der Waals surface area contributed by atoms with Gasteiger partial charge in [-0.25, -0.2) is 4.79 Å². The number of aromatic nitrogens is 3. The number of para-hydroxylation sites is 2. The maximum atomic E-state index is 12.7. The van der Waals surface area contributed by atoms with Crippen LogP contribution >= 0.6 is 0 Å². The van der Waals surface area contributed by atoms with Crippen LogP contribution in [-0.2, 0) is 11.2 Å². The van der Waals surface area contributed by atoms with Crippen LogP contribution in [0.4, 0.5) is 0 Å². The van der Waals surface area contributed by atoms with E-state index in [0.717, 1.165) is 15.5 Å². The Morgan fingerprint density at radius 1 is 1.00 bits per heavy atom. The zero-order valence-corrected chi connectivity index (χ0v) is 13.6. The summed E-state index contributed by atoms with van der Waals surface area (Å²) in [6.45, 7) is 0. The lowest BCUT2D eigenvalue weighted by Crippen LogP contribution is -2.46. The largest absolute Gasteiger partial charge is 0.548 e. The Hall–Kier alpha value is -3.61. The lowest BCUT2D eigenvalue weighted by molar-refractivity contribution is -0.310. The van der Waals surface area contributed by atoms with Crippen LogP contribution in [0.5, 0.6) is 0 Å². The van der Waals surface area contributed by atoms with E-state index in [-0.39, 0.29) is 11.8 Å². The number of nitrogens with one attached hydrogen (secondary N) is 2. The van der Waals surface area contributed by atoms with E-state index in [2.05, 4.69) is 9.97 Å². The fourth-order valence-corrected chi connectivity index (χ4v) is 3.25. The van der Waals surface area contributed by atoms with E-state index in [0.29, 0.717) is 11.1 Å². The Bertz CT molecular complexity index is 1250. The first-order valence-corrected chi connectivity index (χ1v) is 8.05. The zero-order chi connectivity index (χ0) is 18.3. The van der Waals surface area contributed by atoms with Gasteiger partial charge < -0.3 is 19.9 Å². The van der Waals surface area contributed by atoms with Crippen molar-refractivity contribution in [3.8, 4) is 0 Å². The topological polar surface area (TPSA) is 111 Å². The molecule has 0 saturated carbocycles. The molecule has 130 valence electrons. The zero-order valence-electron chi connectivity index (χ0n) is 13.6. The Morgan fingerprint density at radius 2 is 1.65 bits per heavy atom. The van der Waals surface area contributed by atoms with Gasteiger partial charge in [-0.05, 0) is 23.8 Å². The number of nitrogens with zero attached hydrogens (tertiary/aromatic N) is 1. The SMILES string of the molecule is O=C([O-])[C@H](Cc1c[nH]c2ccccc12)n1c(=O)[nH]c2ccccc2c1=O. The van der Waals surface area contributed by atoms with E-state index in [1.54, 1.807) is 30.5 Å². The smallest absolute Gasteiger partial charge is 0.329 e. The predicted octanol–water partition coefficient (Wildman–Crippen LogP) is 0.705. The molecule has 26 heavy (non-hydrogen) atoms. The first kappa shape index (κ1) is 15.9. The second kappa shape index (κ2) is 6.03. The average Bonchev–Trinajstić information content (AvgIpc) is 3.04. The van der Waals surface area contributed by atoms with Gasteiger partial charge in [0, 0.05) is 23.5 Å². The number of benzene rings is 2. The summed E-state index contributed by atoms with van der Waals surface area (Å²) in [6.07, 6.45) is 1.63. The molecule has 2 aromatic carbocycles. The highest BCUT2D eigenvalue weighted by atomic mass is 16.4. The lowest BCUT2D eigenvalue weighted by Gasteiger charge is -2.20. The maximum Gasteiger partial charge on any atom is 0.329 e. The summed E-state index contributed by atoms with van der Waals surface area (Å²) in [5.74, 6) is -1.49. The van der Waals surface area contributed by atoms with Crippen LogP contribution in [0.15, 0.2) is 64.3 Å². The van der Waals surface area contributed by atoms with Crippen molar-refractivity contribution in [1.82, 2.24) is 14.5 Å². The van der Waals surface area contributed by atoms with Crippen molar-refractivity contribution in [2.45, 2.75) is 12.5 Å². The molecule has 0 amide bonds. The number of hydrogen-bond acceptors (Lipinski definition) is 4. The molecule has 2 heterocycles. The third kappa shape index (κ3) is 2.50. The number of carbonyl (C=O) groups excluding carboxylic acids is 1. The summed E-state index contributed by atoms with van der Waals surface area (Å²) in [4.78, 5) is 42.5. The number of carboxylic acid groups (broad SMARTS) is 1. The first-order chi connectivity index (χ1) is 12.6. The quantitative estimate of drug-likeness (QED) is 0.565. The Kier molecular flexibility index (Phi) is 3.69. The van der Waals surface area contributed by atoms with Gasteiger partial charge in [0.25, 0.3) is 5.56 Å². The molecule has 7 heteroatoms.